The quantitative estimate of drug-likeness (QED) is 0.758. The van der Waals surface area contributed by atoms with Gasteiger partial charge in [-0.2, -0.15) is 0 Å². The number of nitrogens with one attached hydrogen (secondary N) is 1. The third kappa shape index (κ3) is 3.86. The van der Waals surface area contributed by atoms with Crippen LogP contribution in [0.1, 0.15) is 30.9 Å². The van der Waals surface area contributed by atoms with Gasteiger partial charge in [0.25, 0.3) is 0 Å². The van der Waals surface area contributed by atoms with Crippen LogP contribution in [0.15, 0.2) is 30.6 Å². The van der Waals surface area contributed by atoms with Gasteiger partial charge in [-0.05, 0) is 36.5 Å². The molecule has 0 atom stereocenters. The van der Waals surface area contributed by atoms with E-state index in [9.17, 15) is 0 Å². The van der Waals surface area contributed by atoms with Gasteiger partial charge in [-0.3, -0.25) is 4.98 Å². The van der Waals surface area contributed by atoms with E-state index in [1.807, 2.05) is 18.3 Å². The molecule has 0 aliphatic rings. The average Bonchev–Trinajstić information content (AvgIpc) is 2.94. The number of methoxy groups -OCH3 is 1. The highest BCUT2D eigenvalue weighted by Crippen LogP contribution is 2.16. The van der Waals surface area contributed by atoms with Crippen molar-refractivity contribution in [3.63, 3.8) is 0 Å². The predicted molar refractivity (Wildman–Crippen MR) is 90.6 cm³/mol. The van der Waals surface area contributed by atoms with E-state index in [1.54, 1.807) is 13.3 Å². The van der Waals surface area contributed by atoms with Crippen LogP contribution in [0.5, 0.6) is 5.75 Å². The second-order valence-corrected chi connectivity index (χ2v) is 6.18. The predicted octanol–water partition coefficient (Wildman–Crippen LogP) is 3.35. The summed E-state index contributed by atoms with van der Waals surface area (Å²) >= 11 is 0. The van der Waals surface area contributed by atoms with Crippen LogP contribution < -0.4 is 4.74 Å². The van der Waals surface area contributed by atoms with Crippen molar-refractivity contribution >= 4 is 11.2 Å². The van der Waals surface area contributed by atoms with Crippen LogP contribution in [0.4, 0.5) is 0 Å². The number of imidazole rings is 1. The van der Waals surface area contributed by atoms with E-state index >= 15 is 0 Å². The Hall–Kier alpha value is -2.43. The first-order chi connectivity index (χ1) is 11.1. The van der Waals surface area contributed by atoms with Gasteiger partial charge >= 0.3 is 0 Å². The third-order valence-electron chi connectivity index (χ3n) is 3.73. The van der Waals surface area contributed by atoms with E-state index in [4.69, 9.17) is 4.74 Å². The van der Waals surface area contributed by atoms with Gasteiger partial charge in [0.15, 0.2) is 5.65 Å². The standard InChI is InChI=1S/C18H22N4O/c1-12(2)8-13-9-16-18(20-11-13)22-17(21-16)5-4-14-10-15(23-3)6-7-19-14/h6-7,9-12H,4-5,8H2,1-3H3,(H,20,21,22). The number of aromatic amines is 1. The summed E-state index contributed by atoms with van der Waals surface area (Å²) in [5, 5.41) is 0. The molecule has 0 aliphatic carbocycles. The normalized spacial score (nSPS) is 11.3. The van der Waals surface area contributed by atoms with Crippen LogP contribution >= 0.6 is 0 Å². The molecular formula is C18H22N4O. The van der Waals surface area contributed by atoms with Gasteiger partial charge in [0.05, 0.1) is 7.11 Å². The fourth-order valence-corrected chi connectivity index (χ4v) is 2.65. The first-order valence-electron chi connectivity index (χ1n) is 7.96. The molecule has 0 unspecified atom stereocenters. The highest BCUT2D eigenvalue weighted by molar-refractivity contribution is 5.71. The maximum absolute atomic E-state index is 5.23. The van der Waals surface area contributed by atoms with Gasteiger partial charge in [-0.15, -0.1) is 0 Å². The van der Waals surface area contributed by atoms with Crippen molar-refractivity contribution < 1.29 is 4.74 Å². The Balaban J connectivity index is 1.72. The Labute approximate surface area is 136 Å². The molecule has 3 heterocycles. The van der Waals surface area contributed by atoms with Crippen LogP contribution in [-0.2, 0) is 19.3 Å². The molecule has 0 aromatic carbocycles. The summed E-state index contributed by atoms with van der Waals surface area (Å²) in [6.07, 6.45) is 6.35. The number of H-pyrrole nitrogens is 1. The number of nitrogens with zero attached hydrogens (tertiary/aromatic N) is 3. The van der Waals surface area contributed by atoms with Crippen molar-refractivity contribution in [3.05, 3.63) is 47.7 Å². The molecule has 5 nitrogen and oxygen atoms in total. The van der Waals surface area contributed by atoms with Gasteiger partial charge in [0.2, 0.25) is 0 Å². The Morgan fingerprint density at radius 2 is 2.04 bits per heavy atom. The minimum absolute atomic E-state index is 0.617. The molecule has 0 fully saturated rings. The van der Waals surface area contributed by atoms with Gasteiger partial charge in [-0.25, -0.2) is 9.97 Å². The monoisotopic (exact) mass is 310 g/mol. The molecule has 0 radical (unpaired) electrons. The number of pyridine rings is 2. The minimum atomic E-state index is 0.617. The van der Waals surface area contributed by atoms with Crippen molar-refractivity contribution in [2.24, 2.45) is 5.92 Å². The van der Waals surface area contributed by atoms with Crippen molar-refractivity contribution in [1.82, 2.24) is 19.9 Å². The van der Waals surface area contributed by atoms with Crippen LogP contribution in [0.25, 0.3) is 11.2 Å². The van der Waals surface area contributed by atoms with Crippen molar-refractivity contribution in [2.45, 2.75) is 33.1 Å². The highest BCUT2D eigenvalue weighted by Gasteiger charge is 2.07. The van der Waals surface area contributed by atoms with Gasteiger partial charge < -0.3 is 9.72 Å². The second kappa shape index (κ2) is 6.77. The molecule has 0 amide bonds. The van der Waals surface area contributed by atoms with Crippen molar-refractivity contribution in [1.29, 1.82) is 0 Å². The molecule has 3 rings (SSSR count). The van der Waals surface area contributed by atoms with Crippen LogP contribution in [0.2, 0.25) is 0 Å². The average molecular weight is 310 g/mol. The number of fused-ring (bicyclic) bond motifs is 1. The number of ether oxygens (including phenoxy) is 1. The maximum atomic E-state index is 5.23. The third-order valence-corrected chi connectivity index (χ3v) is 3.73. The number of aromatic nitrogens is 4. The molecule has 3 aromatic rings. The molecular weight excluding hydrogens is 288 g/mol. The topological polar surface area (TPSA) is 63.7 Å². The fourth-order valence-electron chi connectivity index (χ4n) is 2.65. The summed E-state index contributed by atoms with van der Waals surface area (Å²) in [6, 6.07) is 5.94. The van der Waals surface area contributed by atoms with Gasteiger partial charge in [0, 0.05) is 30.6 Å². The Kier molecular flexibility index (Phi) is 4.55. The molecule has 5 heteroatoms. The van der Waals surface area contributed by atoms with E-state index in [0.717, 1.165) is 47.7 Å². The SMILES string of the molecule is COc1ccnc(CCc2nc3cc(CC(C)C)cnc3[nH]2)c1. The van der Waals surface area contributed by atoms with E-state index in [1.165, 1.54) is 5.56 Å². The molecule has 0 bridgehead atoms. The van der Waals surface area contributed by atoms with Crippen molar-refractivity contribution in [3.8, 4) is 5.75 Å². The zero-order chi connectivity index (χ0) is 16.2. The lowest BCUT2D eigenvalue weighted by atomic mass is 10.0. The number of hydrogen-bond acceptors (Lipinski definition) is 4. The van der Waals surface area contributed by atoms with E-state index in [2.05, 4.69) is 39.8 Å². The molecule has 1 N–H and O–H groups in total. The van der Waals surface area contributed by atoms with E-state index < -0.39 is 0 Å². The summed E-state index contributed by atoms with van der Waals surface area (Å²) in [4.78, 5) is 16.8. The molecule has 0 saturated heterocycles. The Bertz CT molecular complexity index is 795. The van der Waals surface area contributed by atoms with Crippen LogP contribution in [0, 0.1) is 5.92 Å². The Morgan fingerprint density at radius 3 is 2.83 bits per heavy atom. The lowest BCUT2D eigenvalue weighted by Crippen LogP contribution is -1.96. The largest absolute Gasteiger partial charge is 0.497 e. The molecule has 0 saturated carbocycles. The summed E-state index contributed by atoms with van der Waals surface area (Å²) in [7, 11) is 1.67. The lowest BCUT2D eigenvalue weighted by Gasteiger charge is -2.03. The second-order valence-electron chi connectivity index (χ2n) is 6.18. The summed E-state index contributed by atoms with van der Waals surface area (Å²) in [5.41, 5.74) is 4.03. The fraction of sp³-hybridized carbons (Fsp3) is 0.389. The Morgan fingerprint density at radius 1 is 1.17 bits per heavy atom. The molecule has 0 spiro atoms. The first-order valence-corrected chi connectivity index (χ1v) is 7.96. The molecule has 3 aromatic heterocycles. The summed E-state index contributed by atoms with van der Waals surface area (Å²) in [6.45, 7) is 4.42. The minimum Gasteiger partial charge on any atom is -0.497 e. The summed E-state index contributed by atoms with van der Waals surface area (Å²) < 4.78 is 5.23. The lowest BCUT2D eigenvalue weighted by molar-refractivity contribution is 0.413. The number of aryl methyl sites for hydroxylation is 2. The maximum Gasteiger partial charge on any atom is 0.157 e. The zero-order valence-electron chi connectivity index (χ0n) is 13.8. The van der Waals surface area contributed by atoms with Gasteiger partial charge in [0.1, 0.15) is 17.1 Å². The highest BCUT2D eigenvalue weighted by atomic mass is 16.5. The molecule has 0 aliphatic heterocycles. The van der Waals surface area contributed by atoms with Crippen LogP contribution in [-0.4, -0.2) is 27.0 Å². The zero-order valence-corrected chi connectivity index (χ0v) is 13.8. The number of hydrogen-bond donors (Lipinski definition) is 1. The van der Waals surface area contributed by atoms with Crippen LogP contribution in [0.3, 0.4) is 0 Å². The van der Waals surface area contributed by atoms with E-state index in [-0.39, 0.29) is 0 Å². The smallest absolute Gasteiger partial charge is 0.157 e. The summed E-state index contributed by atoms with van der Waals surface area (Å²) in [5.74, 6) is 2.39. The molecule has 23 heavy (non-hydrogen) atoms. The van der Waals surface area contributed by atoms with Gasteiger partial charge in [-0.1, -0.05) is 13.8 Å². The first kappa shape index (κ1) is 15.5. The van der Waals surface area contributed by atoms with Crippen molar-refractivity contribution in [2.75, 3.05) is 7.11 Å². The number of rotatable bonds is 6. The van der Waals surface area contributed by atoms with E-state index in [0.29, 0.717) is 5.92 Å². The molecule has 120 valence electrons.